The third-order valence-corrected chi connectivity index (χ3v) is 2.94. The van der Waals surface area contributed by atoms with Crippen LogP contribution in [0.25, 0.3) is 0 Å². The smallest absolute Gasteiger partial charge is 0.161 e. The third-order valence-electron chi connectivity index (χ3n) is 2.94. The molecule has 1 aromatic heterocycles. The average Bonchev–Trinajstić information content (AvgIpc) is 2.47. The van der Waals surface area contributed by atoms with Crippen LogP contribution in [0.4, 0.5) is 5.82 Å². The van der Waals surface area contributed by atoms with Crippen molar-refractivity contribution in [2.24, 2.45) is 0 Å². The van der Waals surface area contributed by atoms with Gasteiger partial charge in [-0.1, -0.05) is 12.1 Å². The Hall–Kier alpha value is -2.23. The first kappa shape index (κ1) is 13.2. The van der Waals surface area contributed by atoms with Gasteiger partial charge in [0.2, 0.25) is 0 Å². The maximum absolute atomic E-state index is 5.31. The summed E-state index contributed by atoms with van der Waals surface area (Å²) in [6.45, 7) is 2.08. The molecule has 100 valence electrons. The number of hydrogen-bond donors (Lipinski definition) is 1. The summed E-state index contributed by atoms with van der Waals surface area (Å²) in [6.07, 6.45) is 1.77. The van der Waals surface area contributed by atoms with E-state index in [9.17, 15) is 0 Å². The molecule has 0 spiro atoms. The van der Waals surface area contributed by atoms with Crippen LogP contribution in [-0.4, -0.2) is 19.2 Å². The molecule has 0 amide bonds. The van der Waals surface area contributed by atoms with Crippen LogP contribution >= 0.6 is 0 Å². The molecule has 0 fully saturated rings. The van der Waals surface area contributed by atoms with Gasteiger partial charge >= 0.3 is 0 Å². The van der Waals surface area contributed by atoms with Crippen molar-refractivity contribution in [3.8, 4) is 11.5 Å². The fraction of sp³-hybridized carbons (Fsp3) is 0.267. The summed E-state index contributed by atoms with van der Waals surface area (Å²) in [5.74, 6) is 2.32. The summed E-state index contributed by atoms with van der Waals surface area (Å²) < 4.78 is 10.5. The highest BCUT2D eigenvalue weighted by molar-refractivity contribution is 5.46. The van der Waals surface area contributed by atoms with Crippen LogP contribution < -0.4 is 14.8 Å². The summed E-state index contributed by atoms with van der Waals surface area (Å²) in [5.41, 5.74) is 1.11. The Kier molecular flexibility index (Phi) is 4.23. The fourth-order valence-corrected chi connectivity index (χ4v) is 1.88. The lowest BCUT2D eigenvalue weighted by atomic mass is 10.1. The van der Waals surface area contributed by atoms with Gasteiger partial charge in [0, 0.05) is 6.20 Å². The highest BCUT2D eigenvalue weighted by Crippen LogP contribution is 2.30. The lowest BCUT2D eigenvalue weighted by molar-refractivity contribution is 0.354. The first-order valence-electron chi connectivity index (χ1n) is 6.14. The summed E-state index contributed by atoms with van der Waals surface area (Å²) in [6, 6.07) is 11.8. The zero-order chi connectivity index (χ0) is 13.7. The predicted octanol–water partition coefficient (Wildman–Crippen LogP) is 3.27. The monoisotopic (exact) mass is 258 g/mol. The Morgan fingerprint density at radius 3 is 2.47 bits per heavy atom. The number of anilines is 1. The van der Waals surface area contributed by atoms with E-state index >= 15 is 0 Å². The number of pyridine rings is 1. The van der Waals surface area contributed by atoms with Gasteiger partial charge in [-0.15, -0.1) is 0 Å². The molecule has 4 nitrogen and oxygen atoms in total. The minimum atomic E-state index is 0.134. The molecule has 2 aromatic rings. The van der Waals surface area contributed by atoms with E-state index in [-0.39, 0.29) is 6.04 Å². The second-order valence-corrected chi connectivity index (χ2v) is 4.20. The molecule has 0 saturated carbocycles. The second-order valence-electron chi connectivity index (χ2n) is 4.20. The molecule has 0 saturated heterocycles. The number of rotatable bonds is 5. The maximum atomic E-state index is 5.31. The van der Waals surface area contributed by atoms with Gasteiger partial charge in [0.05, 0.1) is 20.3 Å². The fourth-order valence-electron chi connectivity index (χ4n) is 1.88. The van der Waals surface area contributed by atoms with Crippen LogP contribution in [0.15, 0.2) is 42.6 Å². The zero-order valence-electron chi connectivity index (χ0n) is 11.4. The number of methoxy groups -OCH3 is 2. The van der Waals surface area contributed by atoms with Crippen LogP contribution in [0.5, 0.6) is 11.5 Å². The van der Waals surface area contributed by atoms with Crippen molar-refractivity contribution >= 4 is 5.82 Å². The van der Waals surface area contributed by atoms with Crippen LogP contribution in [0.1, 0.15) is 18.5 Å². The van der Waals surface area contributed by atoms with E-state index in [2.05, 4.69) is 17.2 Å². The summed E-state index contributed by atoms with van der Waals surface area (Å²) in [5, 5.41) is 3.34. The zero-order valence-corrected chi connectivity index (χ0v) is 11.4. The van der Waals surface area contributed by atoms with Crippen molar-refractivity contribution in [3.63, 3.8) is 0 Å². The molecule has 1 atom stereocenters. The van der Waals surface area contributed by atoms with E-state index in [1.165, 1.54) is 0 Å². The van der Waals surface area contributed by atoms with E-state index < -0.39 is 0 Å². The van der Waals surface area contributed by atoms with Gasteiger partial charge < -0.3 is 14.8 Å². The van der Waals surface area contributed by atoms with Crippen molar-refractivity contribution in [1.29, 1.82) is 0 Å². The van der Waals surface area contributed by atoms with E-state index in [4.69, 9.17) is 9.47 Å². The van der Waals surface area contributed by atoms with E-state index in [0.717, 1.165) is 22.9 Å². The summed E-state index contributed by atoms with van der Waals surface area (Å²) >= 11 is 0. The average molecular weight is 258 g/mol. The van der Waals surface area contributed by atoms with Crippen LogP contribution in [0.2, 0.25) is 0 Å². The van der Waals surface area contributed by atoms with Crippen LogP contribution in [0, 0.1) is 0 Å². The second kappa shape index (κ2) is 6.09. The Balaban J connectivity index is 2.17. The molecular weight excluding hydrogens is 240 g/mol. The molecule has 0 aliphatic heterocycles. The molecule has 1 heterocycles. The molecule has 19 heavy (non-hydrogen) atoms. The Morgan fingerprint density at radius 1 is 1.05 bits per heavy atom. The van der Waals surface area contributed by atoms with Crippen LogP contribution in [-0.2, 0) is 0 Å². The maximum Gasteiger partial charge on any atom is 0.161 e. The highest BCUT2D eigenvalue weighted by Gasteiger charge is 2.10. The highest BCUT2D eigenvalue weighted by atomic mass is 16.5. The lowest BCUT2D eigenvalue weighted by Crippen LogP contribution is -2.08. The van der Waals surface area contributed by atoms with Gasteiger partial charge in [0.25, 0.3) is 0 Å². The first-order chi connectivity index (χ1) is 9.24. The van der Waals surface area contributed by atoms with E-state index in [1.54, 1.807) is 20.4 Å². The first-order valence-corrected chi connectivity index (χ1v) is 6.14. The Labute approximate surface area is 113 Å². The minimum absolute atomic E-state index is 0.134. The van der Waals surface area contributed by atoms with Gasteiger partial charge in [-0.05, 0) is 36.8 Å². The number of hydrogen-bond acceptors (Lipinski definition) is 4. The molecule has 2 rings (SSSR count). The molecular formula is C15H18N2O2. The van der Waals surface area contributed by atoms with Crippen molar-refractivity contribution in [2.45, 2.75) is 13.0 Å². The standard InChI is InChI=1S/C15H18N2O2/c1-11(17-15-6-4-5-9-16-15)12-7-8-13(18-2)14(10-12)19-3/h4-11H,1-3H3,(H,16,17). The van der Waals surface area contributed by atoms with E-state index in [1.807, 2.05) is 36.4 Å². The lowest BCUT2D eigenvalue weighted by Gasteiger charge is -2.16. The molecule has 4 heteroatoms. The molecule has 1 N–H and O–H groups in total. The Morgan fingerprint density at radius 2 is 1.84 bits per heavy atom. The Bertz CT molecular complexity index is 529. The van der Waals surface area contributed by atoms with Gasteiger partial charge in [-0.25, -0.2) is 4.98 Å². The number of aromatic nitrogens is 1. The van der Waals surface area contributed by atoms with E-state index in [0.29, 0.717) is 0 Å². The molecule has 0 aliphatic rings. The quantitative estimate of drug-likeness (QED) is 0.893. The molecule has 1 aromatic carbocycles. The normalized spacial score (nSPS) is 11.7. The van der Waals surface area contributed by atoms with Gasteiger partial charge in [0.1, 0.15) is 5.82 Å². The van der Waals surface area contributed by atoms with Gasteiger partial charge in [0.15, 0.2) is 11.5 Å². The number of benzene rings is 1. The largest absolute Gasteiger partial charge is 0.493 e. The van der Waals surface area contributed by atoms with Crippen molar-refractivity contribution in [2.75, 3.05) is 19.5 Å². The number of nitrogens with zero attached hydrogens (tertiary/aromatic N) is 1. The van der Waals surface area contributed by atoms with Crippen molar-refractivity contribution in [1.82, 2.24) is 4.98 Å². The van der Waals surface area contributed by atoms with Crippen molar-refractivity contribution < 1.29 is 9.47 Å². The molecule has 0 radical (unpaired) electrons. The number of ether oxygens (including phenoxy) is 2. The summed E-state index contributed by atoms with van der Waals surface area (Å²) in [7, 11) is 3.27. The summed E-state index contributed by atoms with van der Waals surface area (Å²) in [4.78, 5) is 4.25. The minimum Gasteiger partial charge on any atom is -0.493 e. The topological polar surface area (TPSA) is 43.4 Å². The third kappa shape index (κ3) is 3.16. The van der Waals surface area contributed by atoms with Crippen LogP contribution in [0.3, 0.4) is 0 Å². The molecule has 0 aliphatic carbocycles. The number of nitrogens with one attached hydrogen (secondary N) is 1. The predicted molar refractivity (Wildman–Crippen MR) is 75.8 cm³/mol. The van der Waals surface area contributed by atoms with Gasteiger partial charge in [-0.2, -0.15) is 0 Å². The van der Waals surface area contributed by atoms with Gasteiger partial charge in [-0.3, -0.25) is 0 Å². The SMILES string of the molecule is COc1ccc(C(C)Nc2ccccn2)cc1OC. The van der Waals surface area contributed by atoms with Crippen molar-refractivity contribution in [3.05, 3.63) is 48.2 Å². The molecule has 0 bridgehead atoms. The molecule has 1 unspecified atom stereocenters.